The van der Waals surface area contributed by atoms with E-state index in [-0.39, 0.29) is 18.5 Å². The van der Waals surface area contributed by atoms with Crippen LogP contribution in [0.2, 0.25) is 19.6 Å². The molecule has 1 aromatic heterocycles. The summed E-state index contributed by atoms with van der Waals surface area (Å²) in [6, 6.07) is 7.93. The number of hydrogen-bond acceptors (Lipinski definition) is 11. The van der Waals surface area contributed by atoms with Crippen molar-refractivity contribution in [3.8, 4) is 17.3 Å². The average molecular weight is 657 g/mol. The van der Waals surface area contributed by atoms with E-state index in [1.54, 1.807) is 0 Å². The molecule has 0 aliphatic carbocycles. The first kappa shape index (κ1) is 36.3. The highest BCUT2D eigenvalue weighted by Crippen LogP contribution is 2.34. The Bertz CT molecular complexity index is 1480. The van der Waals surface area contributed by atoms with Crippen molar-refractivity contribution in [2.75, 3.05) is 6.61 Å². The number of ether oxygens (including phenoxy) is 6. The molecular weight excluding hydrogens is 612 g/mol. The van der Waals surface area contributed by atoms with E-state index in [1.807, 2.05) is 49.7 Å². The van der Waals surface area contributed by atoms with Gasteiger partial charge in [0.25, 0.3) is 0 Å². The number of benzene rings is 1. The summed E-state index contributed by atoms with van der Waals surface area (Å²) in [6.07, 6.45) is -6.11. The molecule has 13 heteroatoms. The Kier molecular flexibility index (Phi) is 12.2. The molecule has 1 aliphatic heterocycles. The van der Waals surface area contributed by atoms with Crippen molar-refractivity contribution in [3.05, 3.63) is 46.6 Å². The highest BCUT2D eigenvalue weighted by atomic mass is 28.3. The van der Waals surface area contributed by atoms with E-state index < -0.39 is 62.7 Å². The summed E-state index contributed by atoms with van der Waals surface area (Å²) in [5, 5.41) is 4.72. The predicted molar refractivity (Wildman–Crippen MR) is 169 cm³/mol. The minimum atomic E-state index is -1.53. The Morgan fingerprint density at radius 3 is 1.98 bits per heavy atom. The second-order valence-electron chi connectivity index (χ2n) is 12.5. The van der Waals surface area contributed by atoms with Crippen molar-refractivity contribution < 1.29 is 47.6 Å². The van der Waals surface area contributed by atoms with Gasteiger partial charge in [-0.25, -0.2) is 0 Å². The van der Waals surface area contributed by atoms with E-state index in [0.29, 0.717) is 6.42 Å². The molecule has 250 valence electrons. The van der Waals surface area contributed by atoms with Crippen molar-refractivity contribution in [2.24, 2.45) is 0 Å². The third-order valence-electron chi connectivity index (χ3n) is 6.82. The van der Waals surface area contributed by atoms with Crippen LogP contribution < -0.4 is 4.74 Å². The second-order valence-corrected chi connectivity index (χ2v) is 17.2. The molecule has 0 radical (unpaired) electrons. The van der Waals surface area contributed by atoms with Gasteiger partial charge in [-0.2, -0.15) is 0 Å². The Morgan fingerprint density at radius 2 is 1.46 bits per heavy atom. The van der Waals surface area contributed by atoms with E-state index >= 15 is 0 Å². The van der Waals surface area contributed by atoms with Crippen LogP contribution in [-0.2, 0) is 49.3 Å². The first-order chi connectivity index (χ1) is 21.4. The van der Waals surface area contributed by atoms with Gasteiger partial charge in [0.05, 0.1) is 0 Å². The molecule has 1 fully saturated rings. The first-order valence-electron chi connectivity index (χ1n) is 15.1. The summed E-state index contributed by atoms with van der Waals surface area (Å²) in [5.41, 5.74) is 6.88. The van der Waals surface area contributed by atoms with E-state index in [2.05, 4.69) is 31.1 Å². The summed E-state index contributed by atoms with van der Waals surface area (Å²) in [4.78, 5) is 48.2. The van der Waals surface area contributed by atoms with Gasteiger partial charge in [0.15, 0.2) is 12.2 Å². The first-order valence-corrected chi connectivity index (χ1v) is 18.6. The maximum absolute atomic E-state index is 12.3. The molecule has 1 aliphatic rings. The minimum Gasteiger partial charge on any atom is -0.463 e. The average Bonchev–Trinajstić information content (AvgIpc) is 3.24. The zero-order valence-electron chi connectivity index (χ0n) is 28.2. The minimum absolute atomic E-state index is 0.0225. The van der Waals surface area contributed by atoms with Crippen LogP contribution in [0.15, 0.2) is 24.3 Å². The van der Waals surface area contributed by atoms with Gasteiger partial charge in [-0.15, -0.1) is 10.6 Å². The predicted octanol–water partition coefficient (Wildman–Crippen LogP) is 4.05. The molecule has 0 amide bonds. The van der Waals surface area contributed by atoms with E-state index in [4.69, 9.17) is 33.5 Å². The van der Waals surface area contributed by atoms with Crippen molar-refractivity contribution in [3.63, 3.8) is 0 Å². The third-order valence-corrected chi connectivity index (χ3v) is 7.69. The van der Waals surface area contributed by atoms with Crippen molar-refractivity contribution in [1.29, 1.82) is 0 Å². The molecule has 1 aromatic carbocycles. The SMILES string of the molecule is CC(=O)OC[C@H]1O[C@@H](Oc2nn(C(C)C)c(C)c2Cc2ccc(C#C[Si](C)(C)C)cc2)[C@H](OC(C)=O)[C@@H](OC(C)=O)[C@@H]1OC(C)=O. The number of nitrogens with zero attached hydrogens (tertiary/aromatic N) is 2. The molecule has 0 unspecified atom stereocenters. The molecule has 2 heterocycles. The van der Waals surface area contributed by atoms with Crippen LogP contribution in [-0.4, -0.2) is 79.0 Å². The van der Waals surface area contributed by atoms with Crippen molar-refractivity contribution >= 4 is 32.0 Å². The molecule has 0 saturated carbocycles. The standard InChI is InChI=1S/C33H44N2O10Si/c1-19(2)35-20(3)27(17-26-13-11-25(12-14-26)15-16-46(8,9)10)32(34-35)45-33-31(43-24(7)39)30(42-23(6)38)29(41-22(5)37)28(44-33)18-40-21(4)36/h11-14,19,28-31,33H,17-18H2,1-10H3/t28-,29-,30+,31-,33+/m1/s1. The third kappa shape index (κ3) is 10.2. The lowest BCUT2D eigenvalue weighted by Gasteiger charge is -2.43. The molecular formula is C33H44N2O10Si. The molecule has 0 spiro atoms. The summed E-state index contributed by atoms with van der Waals surface area (Å²) < 4.78 is 36.1. The lowest BCUT2D eigenvalue weighted by molar-refractivity contribution is -0.289. The largest absolute Gasteiger partial charge is 0.463 e. The molecule has 12 nitrogen and oxygen atoms in total. The van der Waals surface area contributed by atoms with E-state index in [9.17, 15) is 19.2 Å². The van der Waals surface area contributed by atoms with Crippen LogP contribution in [0, 0.1) is 18.4 Å². The van der Waals surface area contributed by atoms with Gasteiger partial charge in [-0.05, 0) is 38.5 Å². The van der Waals surface area contributed by atoms with E-state index in [1.165, 1.54) is 13.8 Å². The Balaban J connectivity index is 2.05. The molecule has 1 saturated heterocycles. The van der Waals surface area contributed by atoms with Crippen molar-refractivity contribution in [1.82, 2.24) is 9.78 Å². The Hall–Kier alpha value is -4.15. The number of carbonyl (C=O) groups excluding carboxylic acids is 4. The van der Waals surface area contributed by atoms with Gasteiger partial charge in [-0.1, -0.05) is 37.7 Å². The maximum Gasteiger partial charge on any atom is 0.303 e. The molecule has 0 bridgehead atoms. The normalized spacial score (nSPS) is 21.1. The number of aromatic nitrogens is 2. The number of esters is 4. The molecule has 3 rings (SSSR count). The Labute approximate surface area is 271 Å². The topological polar surface area (TPSA) is 141 Å². The van der Waals surface area contributed by atoms with Crippen LogP contribution in [0.4, 0.5) is 0 Å². The maximum atomic E-state index is 12.3. The second kappa shape index (κ2) is 15.4. The fourth-order valence-electron chi connectivity index (χ4n) is 4.89. The van der Waals surface area contributed by atoms with Gasteiger partial charge in [0, 0.05) is 57.0 Å². The highest BCUT2D eigenvalue weighted by molar-refractivity contribution is 6.83. The van der Waals surface area contributed by atoms with Crippen LogP contribution in [0.3, 0.4) is 0 Å². The monoisotopic (exact) mass is 656 g/mol. The fraction of sp³-hybridized carbons (Fsp3) is 0.545. The van der Waals surface area contributed by atoms with Gasteiger partial charge in [0.1, 0.15) is 20.8 Å². The van der Waals surface area contributed by atoms with Crippen molar-refractivity contribution in [2.45, 2.75) is 111 Å². The van der Waals surface area contributed by atoms with Gasteiger partial charge in [0.2, 0.25) is 18.3 Å². The molecule has 0 N–H and O–H groups in total. The molecule has 46 heavy (non-hydrogen) atoms. The summed E-state index contributed by atoms with van der Waals surface area (Å²) in [5.74, 6) is 0.682. The highest BCUT2D eigenvalue weighted by Gasteiger charge is 2.53. The molecule has 2 aromatic rings. The quantitative estimate of drug-likeness (QED) is 0.158. The van der Waals surface area contributed by atoms with Crippen LogP contribution in [0.25, 0.3) is 0 Å². The van der Waals surface area contributed by atoms with Gasteiger partial charge < -0.3 is 28.4 Å². The summed E-state index contributed by atoms with van der Waals surface area (Å²) in [6.45, 7) is 16.8. The zero-order valence-corrected chi connectivity index (χ0v) is 29.2. The molecule has 5 atom stereocenters. The van der Waals surface area contributed by atoms with Crippen LogP contribution in [0.1, 0.15) is 70.0 Å². The van der Waals surface area contributed by atoms with Crippen LogP contribution >= 0.6 is 0 Å². The summed E-state index contributed by atoms with van der Waals surface area (Å²) in [7, 11) is -1.53. The van der Waals surface area contributed by atoms with Gasteiger partial charge in [-0.3, -0.25) is 23.9 Å². The lowest BCUT2D eigenvalue weighted by atomic mass is 9.98. The number of carbonyl (C=O) groups is 4. The fourth-order valence-corrected chi connectivity index (χ4v) is 5.41. The lowest BCUT2D eigenvalue weighted by Crippen LogP contribution is -2.63. The summed E-state index contributed by atoms with van der Waals surface area (Å²) >= 11 is 0. The zero-order chi connectivity index (χ0) is 34.3. The van der Waals surface area contributed by atoms with Gasteiger partial charge >= 0.3 is 23.9 Å². The van der Waals surface area contributed by atoms with E-state index in [0.717, 1.165) is 36.2 Å². The smallest absolute Gasteiger partial charge is 0.303 e. The number of rotatable bonds is 10. The van der Waals surface area contributed by atoms with Crippen LogP contribution in [0.5, 0.6) is 5.88 Å². The Morgan fingerprint density at radius 1 is 0.891 bits per heavy atom. The number of hydrogen-bond donors (Lipinski definition) is 0.